The van der Waals surface area contributed by atoms with E-state index < -0.39 is 5.69 Å². The van der Waals surface area contributed by atoms with Gasteiger partial charge in [0.05, 0.1) is 5.75 Å². The number of hydrogen-bond acceptors (Lipinski definition) is 5. The Balaban J connectivity index is 1.91. The van der Waals surface area contributed by atoms with E-state index in [0.717, 1.165) is 17.4 Å². The number of fused-ring (bicyclic) bond motifs is 1. The molecule has 0 aliphatic heterocycles. The summed E-state index contributed by atoms with van der Waals surface area (Å²) < 4.78 is 4.24. The zero-order valence-electron chi connectivity index (χ0n) is 16.4. The maximum atomic E-state index is 12.7. The number of nitrogens with zero attached hydrogens (tertiary/aromatic N) is 4. The van der Waals surface area contributed by atoms with Crippen LogP contribution < -0.4 is 16.6 Å². The van der Waals surface area contributed by atoms with Crippen LogP contribution in [-0.2, 0) is 25.4 Å². The number of thioether (sulfide) groups is 1. The maximum Gasteiger partial charge on any atom is 0.332 e. The van der Waals surface area contributed by atoms with Crippen LogP contribution >= 0.6 is 23.4 Å². The van der Waals surface area contributed by atoms with Crippen molar-refractivity contribution >= 4 is 46.1 Å². The Hall–Kier alpha value is -2.52. The Labute approximate surface area is 176 Å². The van der Waals surface area contributed by atoms with Crippen molar-refractivity contribution in [3.63, 3.8) is 0 Å². The molecule has 0 aliphatic rings. The Kier molecular flexibility index (Phi) is 6.49. The van der Waals surface area contributed by atoms with Gasteiger partial charge < -0.3 is 9.88 Å². The number of benzene rings is 1. The van der Waals surface area contributed by atoms with Crippen molar-refractivity contribution in [2.75, 3.05) is 11.1 Å². The first-order valence-electron chi connectivity index (χ1n) is 9.18. The number of rotatable bonds is 7. The Bertz CT molecular complexity index is 1180. The van der Waals surface area contributed by atoms with Crippen LogP contribution in [0.25, 0.3) is 11.2 Å². The molecule has 0 spiro atoms. The summed E-state index contributed by atoms with van der Waals surface area (Å²) in [7, 11) is 3.04. The third-order valence-corrected chi connectivity index (χ3v) is 5.70. The van der Waals surface area contributed by atoms with E-state index >= 15 is 0 Å². The summed E-state index contributed by atoms with van der Waals surface area (Å²) in [6, 6.07) is 6.91. The van der Waals surface area contributed by atoms with E-state index in [9.17, 15) is 14.4 Å². The number of unbranched alkanes of at least 4 members (excludes halogenated alkanes) is 1. The van der Waals surface area contributed by atoms with Gasteiger partial charge in [-0.15, -0.1) is 0 Å². The molecule has 8 nitrogen and oxygen atoms in total. The number of imidazole rings is 1. The fraction of sp³-hybridized carbons (Fsp3) is 0.368. The molecule has 2 aromatic heterocycles. The lowest BCUT2D eigenvalue weighted by molar-refractivity contribution is -0.113. The molecule has 0 atom stereocenters. The molecule has 2 heterocycles. The molecule has 0 saturated carbocycles. The van der Waals surface area contributed by atoms with E-state index in [1.54, 1.807) is 35.9 Å². The lowest BCUT2D eigenvalue weighted by Gasteiger charge is -2.09. The number of aromatic nitrogens is 4. The SMILES string of the molecule is CCCCn1c(SCC(=O)Nc2cccc(Cl)c2)nc2c1c(=O)n(C)c(=O)n2C. The fourth-order valence-corrected chi connectivity index (χ4v) is 3.97. The standard InChI is InChI=1S/C19H22ClN5O3S/c1-4-5-9-25-15-16(23(2)19(28)24(3)17(15)27)22-18(25)29-11-14(26)21-13-8-6-7-12(20)10-13/h6-8,10H,4-5,9,11H2,1-3H3,(H,21,26). The zero-order chi connectivity index (χ0) is 21.1. The van der Waals surface area contributed by atoms with Gasteiger partial charge in [0.25, 0.3) is 5.56 Å². The Morgan fingerprint density at radius 3 is 2.69 bits per heavy atom. The number of carbonyl (C=O) groups is 1. The molecule has 1 amide bonds. The molecule has 3 rings (SSSR count). The van der Waals surface area contributed by atoms with Gasteiger partial charge in [0, 0.05) is 31.4 Å². The quantitative estimate of drug-likeness (QED) is 0.576. The molecular formula is C19H22ClN5O3S. The topological polar surface area (TPSA) is 90.9 Å². The van der Waals surface area contributed by atoms with E-state index in [-0.39, 0.29) is 17.2 Å². The Morgan fingerprint density at radius 1 is 1.24 bits per heavy atom. The Morgan fingerprint density at radius 2 is 2.00 bits per heavy atom. The van der Waals surface area contributed by atoms with Gasteiger partial charge in [-0.3, -0.25) is 18.7 Å². The molecule has 0 unspecified atom stereocenters. The second-order valence-corrected chi connectivity index (χ2v) is 8.00. The summed E-state index contributed by atoms with van der Waals surface area (Å²) in [5.74, 6) is -0.107. The van der Waals surface area contributed by atoms with E-state index in [4.69, 9.17) is 11.6 Å². The van der Waals surface area contributed by atoms with Crippen molar-refractivity contribution in [2.24, 2.45) is 14.1 Å². The first-order valence-corrected chi connectivity index (χ1v) is 10.5. The largest absolute Gasteiger partial charge is 0.332 e. The first-order chi connectivity index (χ1) is 13.8. The molecule has 10 heteroatoms. The summed E-state index contributed by atoms with van der Waals surface area (Å²) in [5, 5.41) is 3.86. The number of amides is 1. The van der Waals surface area contributed by atoms with Gasteiger partial charge >= 0.3 is 5.69 Å². The fourth-order valence-electron chi connectivity index (χ4n) is 2.95. The normalized spacial score (nSPS) is 11.2. The minimum absolute atomic E-state index is 0.107. The van der Waals surface area contributed by atoms with Gasteiger partial charge in [0.15, 0.2) is 16.3 Å². The monoisotopic (exact) mass is 435 g/mol. The molecular weight excluding hydrogens is 414 g/mol. The van der Waals surface area contributed by atoms with Crippen LogP contribution in [0.4, 0.5) is 5.69 Å². The molecule has 3 aromatic rings. The van der Waals surface area contributed by atoms with Gasteiger partial charge in [0.1, 0.15) is 0 Å². The van der Waals surface area contributed by atoms with Crippen molar-refractivity contribution in [3.8, 4) is 0 Å². The number of nitrogens with one attached hydrogen (secondary N) is 1. The first kappa shape index (κ1) is 21.2. The zero-order valence-corrected chi connectivity index (χ0v) is 18.0. The number of halogens is 1. The average Bonchev–Trinajstić information content (AvgIpc) is 3.06. The third-order valence-electron chi connectivity index (χ3n) is 4.49. The highest BCUT2D eigenvalue weighted by Crippen LogP contribution is 2.23. The summed E-state index contributed by atoms with van der Waals surface area (Å²) in [4.78, 5) is 41.8. The summed E-state index contributed by atoms with van der Waals surface area (Å²) in [6.45, 7) is 2.64. The van der Waals surface area contributed by atoms with Crippen molar-refractivity contribution < 1.29 is 4.79 Å². The molecule has 1 N–H and O–H groups in total. The van der Waals surface area contributed by atoms with Gasteiger partial charge in [-0.2, -0.15) is 0 Å². The van der Waals surface area contributed by atoms with Crippen LogP contribution in [0.2, 0.25) is 5.02 Å². The van der Waals surface area contributed by atoms with E-state index in [1.807, 2.05) is 0 Å². The number of hydrogen-bond donors (Lipinski definition) is 1. The molecule has 0 bridgehead atoms. The summed E-state index contributed by atoms with van der Waals surface area (Å²) in [5.41, 5.74) is 0.492. The summed E-state index contributed by atoms with van der Waals surface area (Å²) >= 11 is 7.17. The predicted molar refractivity (Wildman–Crippen MR) is 116 cm³/mol. The van der Waals surface area contributed by atoms with E-state index in [1.165, 1.54) is 23.4 Å². The number of anilines is 1. The van der Waals surface area contributed by atoms with Gasteiger partial charge in [-0.05, 0) is 24.6 Å². The third kappa shape index (κ3) is 4.40. The van der Waals surface area contributed by atoms with Crippen LogP contribution in [0.15, 0.2) is 39.0 Å². The van der Waals surface area contributed by atoms with Gasteiger partial charge in [0.2, 0.25) is 5.91 Å². The molecule has 0 aliphatic carbocycles. The highest BCUT2D eigenvalue weighted by Gasteiger charge is 2.19. The van der Waals surface area contributed by atoms with Gasteiger partial charge in [-0.25, -0.2) is 9.78 Å². The molecule has 0 saturated heterocycles. The predicted octanol–water partition coefficient (Wildman–Crippen LogP) is 2.62. The van der Waals surface area contributed by atoms with Gasteiger partial charge in [-0.1, -0.05) is 42.8 Å². The second kappa shape index (κ2) is 8.87. The van der Waals surface area contributed by atoms with Crippen molar-refractivity contribution in [1.29, 1.82) is 0 Å². The molecule has 29 heavy (non-hydrogen) atoms. The minimum atomic E-state index is -0.433. The molecule has 0 radical (unpaired) electrons. The van der Waals surface area contributed by atoms with Crippen molar-refractivity contribution in [2.45, 2.75) is 31.5 Å². The van der Waals surface area contributed by atoms with E-state index in [0.29, 0.717) is 33.6 Å². The lowest BCUT2D eigenvalue weighted by atomic mass is 10.3. The molecule has 1 aromatic carbocycles. The number of carbonyl (C=O) groups excluding carboxylic acids is 1. The van der Waals surface area contributed by atoms with E-state index in [2.05, 4.69) is 17.2 Å². The second-order valence-electron chi connectivity index (χ2n) is 6.62. The highest BCUT2D eigenvalue weighted by molar-refractivity contribution is 7.99. The van der Waals surface area contributed by atoms with Crippen LogP contribution in [0, 0.1) is 0 Å². The number of aryl methyl sites for hydroxylation is 2. The molecule has 154 valence electrons. The van der Waals surface area contributed by atoms with Crippen LogP contribution in [0.3, 0.4) is 0 Å². The lowest BCUT2D eigenvalue weighted by Crippen LogP contribution is -2.37. The van der Waals surface area contributed by atoms with Crippen molar-refractivity contribution in [3.05, 3.63) is 50.1 Å². The smallest absolute Gasteiger partial charge is 0.325 e. The molecule has 0 fully saturated rings. The van der Waals surface area contributed by atoms with Crippen LogP contribution in [0.1, 0.15) is 19.8 Å². The summed E-state index contributed by atoms with van der Waals surface area (Å²) in [6.07, 6.45) is 1.78. The highest BCUT2D eigenvalue weighted by atomic mass is 35.5. The minimum Gasteiger partial charge on any atom is -0.325 e. The van der Waals surface area contributed by atoms with Crippen molar-refractivity contribution in [1.82, 2.24) is 18.7 Å². The maximum absolute atomic E-state index is 12.7. The average molecular weight is 436 g/mol. The van der Waals surface area contributed by atoms with Crippen LogP contribution in [-0.4, -0.2) is 30.3 Å². The van der Waals surface area contributed by atoms with Crippen LogP contribution in [0.5, 0.6) is 0 Å².